The van der Waals surface area contributed by atoms with E-state index in [0.717, 1.165) is 40.5 Å². The lowest BCUT2D eigenvalue weighted by Gasteiger charge is -2.12. The second-order valence-electron chi connectivity index (χ2n) is 6.17. The SMILES string of the molecule is Cc1cccc(C)c1OCCN=C(N)Nc1ccc2c(c1)OCCCO2. The molecule has 0 saturated heterocycles. The lowest BCUT2D eigenvalue weighted by atomic mass is 10.1. The van der Waals surface area contributed by atoms with Crippen molar-refractivity contribution in [1.82, 2.24) is 0 Å². The van der Waals surface area contributed by atoms with Gasteiger partial charge in [-0.15, -0.1) is 0 Å². The van der Waals surface area contributed by atoms with Crippen LogP contribution in [0.5, 0.6) is 17.2 Å². The predicted octanol–water partition coefficient (Wildman–Crippen LogP) is 3.27. The quantitative estimate of drug-likeness (QED) is 0.489. The van der Waals surface area contributed by atoms with E-state index in [2.05, 4.69) is 10.3 Å². The molecule has 0 spiro atoms. The minimum absolute atomic E-state index is 0.338. The van der Waals surface area contributed by atoms with Crippen molar-refractivity contribution in [3.63, 3.8) is 0 Å². The number of guanidine groups is 1. The molecule has 138 valence electrons. The van der Waals surface area contributed by atoms with Crippen LogP contribution in [-0.4, -0.2) is 32.3 Å². The van der Waals surface area contributed by atoms with Crippen LogP contribution < -0.4 is 25.3 Å². The molecule has 0 amide bonds. The second kappa shape index (κ2) is 8.47. The van der Waals surface area contributed by atoms with E-state index in [4.69, 9.17) is 19.9 Å². The number of rotatable bonds is 5. The molecule has 0 bridgehead atoms. The first-order valence-corrected chi connectivity index (χ1v) is 8.79. The van der Waals surface area contributed by atoms with Gasteiger partial charge in [0.05, 0.1) is 19.8 Å². The van der Waals surface area contributed by atoms with E-state index in [1.165, 1.54) is 0 Å². The molecule has 1 aliphatic heterocycles. The number of nitrogens with zero attached hydrogens (tertiary/aromatic N) is 1. The van der Waals surface area contributed by atoms with Crippen LogP contribution in [-0.2, 0) is 0 Å². The van der Waals surface area contributed by atoms with E-state index in [1.807, 2.05) is 50.2 Å². The van der Waals surface area contributed by atoms with Gasteiger partial charge in [0.1, 0.15) is 12.4 Å². The monoisotopic (exact) mass is 355 g/mol. The van der Waals surface area contributed by atoms with Gasteiger partial charge in [-0.05, 0) is 37.1 Å². The van der Waals surface area contributed by atoms with E-state index in [9.17, 15) is 0 Å². The maximum Gasteiger partial charge on any atom is 0.193 e. The summed E-state index contributed by atoms with van der Waals surface area (Å²) in [5.41, 5.74) is 9.01. The third kappa shape index (κ3) is 4.59. The van der Waals surface area contributed by atoms with Gasteiger partial charge in [-0.1, -0.05) is 18.2 Å². The molecule has 0 aromatic heterocycles. The van der Waals surface area contributed by atoms with Crippen molar-refractivity contribution < 1.29 is 14.2 Å². The van der Waals surface area contributed by atoms with Crippen molar-refractivity contribution >= 4 is 11.6 Å². The van der Waals surface area contributed by atoms with Crippen LogP contribution in [0.15, 0.2) is 41.4 Å². The Kier molecular flexibility index (Phi) is 5.84. The largest absolute Gasteiger partial charge is 0.491 e. The first-order chi connectivity index (χ1) is 12.6. The van der Waals surface area contributed by atoms with Crippen LogP contribution in [0.25, 0.3) is 0 Å². The van der Waals surface area contributed by atoms with E-state index in [1.54, 1.807) is 0 Å². The van der Waals surface area contributed by atoms with Gasteiger partial charge in [0.2, 0.25) is 0 Å². The van der Waals surface area contributed by atoms with Crippen molar-refractivity contribution in [2.75, 3.05) is 31.7 Å². The predicted molar refractivity (Wildman–Crippen MR) is 104 cm³/mol. The fourth-order valence-corrected chi connectivity index (χ4v) is 2.77. The molecular weight excluding hydrogens is 330 g/mol. The third-order valence-electron chi connectivity index (χ3n) is 4.05. The average molecular weight is 355 g/mol. The van der Waals surface area contributed by atoms with Crippen LogP contribution in [0.3, 0.4) is 0 Å². The number of ether oxygens (including phenoxy) is 3. The zero-order valence-corrected chi connectivity index (χ0v) is 15.2. The fourth-order valence-electron chi connectivity index (χ4n) is 2.77. The molecule has 0 aliphatic carbocycles. The molecule has 3 N–H and O–H groups in total. The van der Waals surface area contributed by atoms with Gasteiger partial charge in [0.25, 0.3) is 0 Å². The second-order valence-corrected chi connectivity index (χ2v) is 6.17. The third-order valence-corrected chi connectivity index (χ3v) is 4.05. The normalized spacial score (nSPS) is 13.8. The summed E-state index contributed by atoms with van der Waals surface area (Å²) in [6, 6.07) is 11.7. The smallest absolute Gasteiger partial charge is 0.193 e. The van der Waals surface area contributed by atoms with Crippen LogP contribution in [0.1, 0.15) is 17.5 Å². The number of hydrogen-bond donors (Lipinski definition) is 2. The Hall–Kier alpha value is -2.89. The van der Waals surface area contributed by atoms with Crippen LogP contribution in [0, 0.1) is 13.8 Å². The number of aryl methyl sites for hydroxylation is 2. The van der Waals surface area contributed by atoms with E-state index >= 15 is 0 Å². The van der Waals surface area contributed by atoms with Gasteiger partial charge in [0.15, 0.2) is 17.5 Å². The minimum atomic E-state index is 0.338. The summed E-state index contributed by atoms with van der Waals surface area (Å²) in [7, 11) is 0. The molecule has 0 unspecified atom stereocenters. The zero-order valence-electron chi connectivity index (χ0n) is 15.2. The molecule has 6 nitrogen and oxygen atoms in total. The highest BCUT2D eigenvalue weighted by Gasteiger charge is 2.10. The fraction of sp³-hybridized carbons (Fsp3) is 0.350. The summed E-state index contributed by atoms with van der Waals surface area (Å²) >= 11 is 0. The molecule has 0 atom stereocenters. The van der Waals surface area contributed by atoms with Crippen molar-refractivity contribution in [3.8, 4) is 17.2 Å². The number of aliphatic imine (C=N–C) groups is 1. The molecule has 0 saturated carbocycles. The number of fused-ring (bicyclic) bond motifs is 1. The van der Waals surface area contributed by atoms with Crippen molar-refractivity contribution in [3.05, 3.63) is 47.5 Å². The Morgan fingerprint density at radius 1 is 1.12 bits per heavy atom. The lowest BCUT2D eigenvalue weighted by molar-refractivity contribution is 0.297. The summed E-state index contributed by atoms with van der Waals surface area (Å²) in [6.45, 7) is 6.32. The Labute approximate surface area is 154 Å². The van der Waals surface area contributed by atoms with Gasteiger partial charge in [-0.2, -0.15) is 0 Å². The number of nitrogens with two attached hydrogens (primary N) is 1. The van der Waals surface area contributed by atoms with Crippen molar-refractivity contribution in [1.29, 1.82) is 0 Å². The highest BCUT2D eigenvalue weighted by atomic mass is 16.5. The lowest BCUT2D eigenvalue weighted by Crippen LogP contribution is -2.23. The summed E-state index contributed by atoms with van der Waals surface area (Å²) < 4.78 is 17.1. The first-order valence-electron chi connectivity index (χ1n) is 8.79. The summed E-state index contributed by atoms with van der Waals surface area (Å²) in [4.78, 5) is 4.31. The Morgan fingerprint density at radius 2 is 1.85 bits per heavy atom. The van der Waals surface area contributed by atoms with Crippen molar-refractivity contribution in [2.45, 2.75) is 20.3 Å². The van der Waals surface area contributed by atoms with Crippen LogP contribution in [0.2, 0.25) is 0 Å². The van der Waals surface area contributed by atoms with E-state index in [-0.39, 0.29) is 0 Å². The van der Waals surface area contributed by atoms with Crippen molar-refractivity contribution in [2.24, 2.45) is 10.7 Å². The Morgan fingerprint density at radius 3 is 2.62 bits per heavy atom. The maximum atomic E-state index is 5.96. The van der Waals surface area contributed by atoms with Gasteiger partial charge in [-0.25, -0.2) is 4.99 Å². The van der Waals surface area contributed by atoms with Gasteiger partial charge >= 0.3 is 0 Å². The highest BCUT2D eigenvalue weighted by molar-refractivity contribution is 5.92. The molecule has 26 heavy (non-hydrogen) atoms. The van der Waals surface area contributed by atoms with E-state index < -0.39 is 0 Å². The number of anilines is 1. The molecular formula is C20H25N3O3. The Balaban J connectivity index is 1.53. The molecule has 0 fully saturated rings. The summed E-state index contributed by atoms with van der Waals surface area (Å²) in [6.07, 6.45) is 0.876. The zero-order chi connectivity index (χ0) is 18.4. The number of benzene rings is 2. The molecule has 6 heteroatoms. The van der Waals surface area contributed by atoms with Crippen LogP contribution >= 0.6 is 0 Å². The molecule has 1 aliphatic rings. The van der Waals surface area contributed by atoms with Crippen LogP contribution in [0.4, 0.5) is 5.69 Å². The van der Waals surface area contributed by atoms with Gasteiger partial charge in [0, 0.05) is 18.2 Å². The highest BCUT2D eigenvalue weighted by Crippen LogP contribution is 2.32. The number of para-hydroxylation sites is 1. The summed E-state index contributed by atoms with van der Waals surface area (Å²) in [5.74, 6) is 2.73. The standard InChI is InChI=1S/C20H25N3O3/c1-14-5-3-6-15(2)19(14)26-12-9-22-20(21)23-16-7-8-17-18(13-16)25-11-4-10-24-17/h3,5-8,13H,4,9-12H2,1-2H3,(H3,21,22,23). The van der Waals surface area contributed by atoms with E-state index in [0.29, 0.717) is 32.3 Å². The number of nitrogens with one attached hydrogen (secondary N) is 1. The Bertz CT molecular complexity index is 770. The first kappa shape index (κ1) is 17.9. The maximum absolute atomic E-state index is 5.96. The van der Waals surface area contributed by atoms with Gasteiger partial charge < -0.3 is 25.3 Å². The number of hydrogen-bond acceptors (Lipinski definition) is 4. The molecule has 2 aromatic rings. The van der Waals surface area contributed by atoms with Gasteiger partial charge in [-0.3, -0.25) is 0 Å². The molecule has 1 heterocycles. The topological polar surface area (TPSA) is 78.1 Å². The minimum Gasteiger partial charge on any atom is -0.491 e. The average Bonchev–Trinajstić information content (AvgIpc) is 2.85. The molecule has 3 rings (SSSR count). The molecule has 0 radical (unpaired) electrons. The summed E-state index contributed by atoms with van der Waals surface area (Å²) in [5, 5.41) is 3.07. The molecule has 2 aromatic carbocycles.